The molecule has 0 aliphatic rings. The van der Waals surface area contributed by atoms with Gasteiger partial charge in [-0.25, -0.2) is 8.42 Å². The molecule has 1 heterocycles. The van der Waals surface area contributed by atoms with Gasteiger partial charge in [-0.1, -0.05) is 12.1 Å². The number of hydrogen-bond donors (Lipinski definition) is 1. The van der Waals surface area contributed by atoms with Gasteiger partial charge in [0.1, 0.15) is 11.5 Å². The number of nitrogens with zero attached hydrogens (tertiary/aromatic N) is 2. The van der Waals surface area contributed by atoms with E-state index in [9.17, 15) is 13.2 Å². The maximum Gasteiger partial charge on any atom is 0.241 e. The molecule has 0 aliphatic carbocycles. The van der Waals surface area contributed by atoms with Crippen LogP contribution in [0.15, 0.2) is 4.52 Å². The Balaban J connectivity index is 2.57. The maximum atomic E-state index is 11.7. The van der Waals surface area contributed by atoms with E-state index in [1.165, 1.54) is 0 Å². The molecule has 0 saturated heterocycles. The minimum Gasteiger partial charge on any atom is -0.353 e. The molecule has 18 heavy (non-hydrogen) atoms. The van der Waals surface area contributed by atoms with Crippen LogP contribution in [-0.2, 0) is 20.4 Å². The monoisotopic (exact) mass is 275 g/mol. The number of carbonyl (C=O) groups is 1. The molecule has 1 aromatic rings. The number of aryl methyl sites for hydroxylation is 1. The summed E-state index contributed by atoms with van der Waals surface area (Å²) in [5.74, 6) is -1.13. The van der Waals surface area contributed by atoms with Crippen molar-refractivity contribution in [2.45, 2.75) is 39.0 Å². The van der Waals surface area contributed by atoms with Crippen LogP contribution in [-0.4, -0.2) is 36.3 Å². The van der Waals surface area contributed by atoms with Crippen LogP contribution in [0.4, 0.5) is 0 Å². The summed E-state index contributed by atoms with van der Waals surface area (Å²) in [6.45, 7) is 5.31. The average molecular weight is 275 g/mol. The fourth-order valence-corrected chi connectivity index (χ4v) is 2.33. The van der Waals surface area contributed by atoms with E-state index in [1.807, 2.05) is 13.8 Å². The van der Waals surface area contributed by atoms with Crippen LogP contribution in [0, 0.1) is 6.92 Å². The first kappa shape index (κ1) is 14.6. The lowest BCUT2D eigenvalue weighted by atomic mass is 10.3. The summed E-state index contributed by atoms with van der Waals surface area (Å²) in [6.07, 6.45) is 0.745. The highest BCUT2D eigenvalue weighted by molar-refractivity contribution is 7.91. The number of rotatable bonds is 6. The SMILES string of the molecule is CCC(C)NC(=O)CS(=O)(=O)Cc1nc(C)no1. The summed E-state index contributed by atoms with van der Waals surface area (Å²) >= 11 is 0. The number of nitrogens with one attached hydrogen (secondary N) is 1. The fraction of sp³-hybridized carbons (Fsp3) is 0.700. The Morgan fingerprint density at radius 1 is 1.50 bits per heavy atom. The third-order valence-corrected chi connectivity index (χ3v) is 3.67. The van der Waals surface area contributed by atoms with Gasteiger partial charge in [-0.05, 0) is 20.3 Å². The normalized spacial score (nSPS) is 13.3. The molecule has 1 amide bonds. The summed E-state index contributed by atoms with van der Waals surface area (Å²) in [5, 5.41) is 6.08. The van der Waals surface area contributed by atoms with E-state index in [0.717, 1.165) is 6.42 Å². The van der Waals surface area contributed by atoms with Gasteiger partial charge in [0.05, 0.1) is 0 Å². The van der Waals surface area contributed by atoms with Gasteiger partial charge in [0.25, 0.3) is 0 Å². The molecule has 8 heteroatoms. The average Bonchev–Trinajstić information content (AvgIpc) is 2.61. The van der Waals surface area contributed by atoms with Crippen LogP contribution in [0.3, 0.4) is 0 Å². The van der Waals surface area contributed by atoms with Crippen molar-refractivity contribution in [2.75, 3.05) is 5.75 Å². The van der Waals surface area contributed by atoms with E-state index in [-0.39, 0.29) is 11.9 Å². The van der Waals surface area contributed by atoms with Crippen molar-refractivity contribution in [3.63, 3.8) is 0 Å². The second-order valence-corrected chi connectivity index (χ2v) is 6.21. The maximum absolute atomic E-state index is 11.7. The summed E-state index contributed by atoms with van der Waals surface area (Å²) in [5.41, 5.74) is 0. The van der Waals surface area contributed by atoms with Crippen LogP contribution >= 0.6 is 0 Å². The number of amides is 1. The topological polar surface area (TPSA) is 102 Å². The van der Waals surface area contributed by atoms with E-state index in [1.54, 1.807) is 6.92 Å². The van der Waals surface area contributed by atoms with Gasteiger partial charge >= 0.3 is 0 Å². The summed E-state index contributed by atoms with van der Waals surface area (Å²) in [6, 6.07) is -0.0432. The molecular formula is C10H17N3O4S. The van der Waals surface area contributed by atoms with Crippen LogP contribution in [0.25, 0.3) is 0 Å². The van der Waals surface area contributed by atoms with Crippen molar-refractivity contribution in [3.8, 4) is 0 Å². The lowest BCUT2D eigenvalue weighted by Crippen LogP contribution is -2.36. The number of aromatic nitrogens is 2. The van der Waals surface area contributed by atoms with E-state index >= 15 is 0 Å². The molecule has 0 radical (unpaired) electrons. The molecule has 1 unspecified atom stereocenters. The molecule has 0 spiro atoms. The van der Waals surface area contributed by atoms with Gasteiger partial charge in [-0.15, -0.1) is 0 Å². The number of carbonyl (C=O) groups excluding carboxylic acids is 1. The summed E-state index contributed by atoms with van der Waals surface area (Å²) in [7, 11) is -3.58. The van der Waals surface area contributed by atoms with Gasteiger partial charge in [0.2, 0.25) is 11.8 Å². The zero-order valence-corrected chi connectivity index (χ0v) is 11.5. The Morgan fingerprint density at radius 3 is 2.67 bits per heavy atom. The Morgan fingerprint density at radius 2 is 2.17 bits per heavy atom. The van der Waals surface area contributed by atoms with Crippen molar-refractivity contribution in [2.24, 2.45) is 0 Å². The Hall–Kier alpha value is -1.44. The third-order valence-electron chi connectivity index (χ3n) is 2.28. The molecule has 0 bridgehead atoms. The molecule has 0 aromatic carbocycles. The predicted octanol–water partition coefficient (Wildman–Crippen LogP) is 0.208. The number of sulfone groups is 1. The first-order valence-electron chi connectivity index (χ1n) is 5.61. The number of hydrogen-bond acceptors (Lipinski definition) is 6. The van der Waals surface area contributed by atoms with Crippen LogP contribution in [0.2, 0.25) is 0 Å². The van der Waals surface area contributed by atoms with Gasteiger partial charge in [0.15, 0.2) is 15.7 Å². The van der Waals surface area contributed by atoms with Crippen LogP contribution in [0.1, 0.15) is 32.0 Å². The Bertz CT molecular complexity index is 509. The van der Waals surface area contributed by atoms with Crippen LogP contribution in [0.5, 0.6) is 0 Å². The molecule has 1 aromatic heterocycles. The molecular weight excluding hydrogens is 258 g/mol. The molecule has 0 fully saturated rings. The standard InChI is InChI=1S/C10H17N3O4S/c1-4-7(2)11-9(14)5-18(15,16)6-10-12-8(3)13-17-10/h7H,4-6H2,1-3H3,(H,11,14). The smallest absolute Gasteiger partial charge is 0.241 e. The van der Waals surface area contributed by atoms with Crippen molar-refractivity contribution in [3.05, 3.63) is 11.7 Å². The van der Waals surface area contributed by atoms with Crippen molar-refractivity contribution >= 4 is 15.7 Å². The third kappa shape index (κ3) is 4.82. The molecule has 1 N–H and O–H groups in total. The fourth-order valence-electron chi connectivity index (χ4n) is 1.26. The Labute approximate surface area is 106 Å². The van der Waals surface area contributed by atoms with Crippen molar-refractivity contribution in [1.29, 1.82) is 0 Å². The van der Waals surface area contributed by atoms with E-state index in [2.05, 4.69) is 15.5 Å². The molecule has 0 aliphatic heterocycles. The van der Waals surface area contributed by atoms with Crippen molar-refractivity contribution < 1.29 is 17.7 Å². The first-order chi connectivity index (χ1) is 8.32. The Kier molecular flexibility index (Phi) is 4.83. The zero-order valence-electron chi connectivity index (χ0n) is 10.6. The highest BCUT2D eigenvalue weighted by Gasteiger charge is 2.21. The lowest BCUT2D eigenvalue weighted by Gasteiger charge is -2.10. The molecule has 102 valence electrons. The second kappa shape index (κ2) is 5.94. The van der Waals surface area contributed by atoms with E-state index in [0.29, 0.717) is 5.82 Å². The van der Waals surface area contributed by atoms with Gasteiger partial charge in [-0.2, -0.15) is 4.98 Å². The highest BCUT2D eigenvalue weighted by Crippen LogP contribution is 2.04. The highest BCUT2D eigenvalue weighted by atomic mass is 32.2. The van der Waals surface area contributed by atoms with E-state index in [4.69, 9.17) is 4.52 Å². The molecule has 1 rings (SSSR count). The molecule has 1 atom stereocenters. The van der Waals surface area contributed by atoms with Crippen LogP contribution < -0.4 is 5.32 Å². The van der Waals surface area contributed by atoms with Gasteiger partial charge in [0, 0.05) is 6.04 Å². The molecule has 7 nitrogen and oxygen atoms in total. The summed E-state index contributed by atoms with van der Waals surface area (Å²) < 4.78 is 28.1. The minimum absolute atomic E-state index is 0.00356. The predicted molar refractivity (Wildman–Crippen MR) is 64.4 cm³/mol. The molecule has 0 saturated carbocycles. The van der Waals surface area contributed by atoms with E-state index < -0.39 is 27.3 Å². The largest absolute Gasteiger partial charge is 0.353 e. The van der Waals surface area contributed by atoms with Gasteiger partial charge in [-0.3, -0.25) is 4.79 Å². The second-order valence-electron chi connectivity index (χ2n) is 4.14. The zero-order chi connectivity index (χ0) is 13.8. The quantitative estimate of drug-likeness (QED) is 0.796. The lowest BCUT2D eigenvalue weighted by molar-refractivity contribution is -0.119. The first-order valence-corrected chi connectivity index (χ1v) is 7.43. The minimum atomic E-state index is -3.58. The summed E-state index contributed by atoms with van der Waals surface area (Å²) in [4.78, 5) is 15.3. The van der Waals surface area contributed by atoms with Gasteiger partial charge < -0.3 is 9.84 Å². The van der Waals surface area contributed by atoms with Crippen molar-refractivity contribution in [1.82, 2.24) is 15.5 Å².